The minimum atomic E-state index is -0.376. The number of nitro benzene ring substituents is 1. The van der Waals surface area contributed by atoms with Crippen molar-refractivity contribution < 1.29 is 9.66 Å². The minimum absolute atomic E-state index is 0.131. The Bertz CT molecular complexity index is 597. The van der Waals surface area contributed by atoms with Crippen LogP contribution in [-0.4, -0.2) is 21.1 Å². The summed E-state index contributed by atoms with van der Waals surface area (Å²) in [5.41, 5.74) is 0.759. The molecule has 1 aromatic heterocycles. The summed E-state index contributed by atoms with van der Waals surface area (Å²) in [6.07, 6.45) is 9.98. The molecule has 1 aromatic carbocycles. The monoisotopic (exact) mass is 303 g/mol. The van der Waals surface area contributed by atoms with Gasteiger partial charge in [0.2, 0.25) is 0 Å². The highest BCUT2D eigenvalue weighted by atomic mass is 16.6. The topological polar surface area (TPSA) is 70.2 Å². The van der Waals surface area contributed by atoms with Crippen LogP contribution in [0.25, 0.3) is 0 Å². The smallest absolute Gasteiger partial charge is 0.272 e. The lowest BCUT2D eigenvalue weighted by atomic mass is 10.2. The Labute approximate surface area is 129 Å². The van der Waals surface area contributed by atoms with Gasteiger partial charge in [-0.15, -0.1) is 0 Å². The molecule has 6 nitrogen and oxygen atoms in total. The maximum absolute atomic E-state index is 10.7. The fourth-order valence-electron chi connectivity index (χ4n) is 2.28. The Morgan fingerprint density at radius 1 is 1.27 bits per heavy atom. The van der Waals surface area contributed by atoms with Crippen molar-refractivity contribution in [2.75, 3.05) is 6.61 Å². The maximum Gasteiger partial charge on any atom is 0.272 e. The van der Waals surface area contributed by atoms with Crippen molar-refractivity contribution in [3.05, 3.63) is 52.6 Å². The third-order valence-corrected chi connectivity index (χ3v) is 3.50. The average molecular weight is 303 g/mol. The van der Waals surface area contributed by atoms with E-state index in [1.54, 1.807) is 25.3 Å². The summed E-state index contributed by atoms with van der Waals surface area (Å²) < 4.78 is 7.72. The van der Waals surface area contributed by atoms with Crippen molar-refractivity contribution in [2.24, 2.45) is 0 Å². The number of aryl methyl sites for hydroxylation is 2. The van der Waals surface area contributed by atoms with Crippen LogP contribution in [0.2, 0.25) is 0 Å². The number of nitrogens with zero attached hydrogens (tertiary/aromatic N) is 3. The summed E-state index contributed by atoms with van der Waals surface area (Å²) >= 11 is 0. The van der Waals surface area contributed by atoms with E-state index < -0.39 is 0 Å². The molecule has 118 valence electrons. The number of ether oxygens (including phenoxy) is 1. The van der Waals surface area contributed by atoms with Crippen molar-refractivity contribution in [1.82, 2.24) is 9.55 Å². The third-order valence-electron chi connectivity index (χ3n) is 3.50. The zero-order valence-electron chi connectivity index (χ0n) is 12.8. The van der Waals surface area contributed by atoms with Gasteiger partial charge in [0.25, 0.3) is 5.69 Å². The summed E-state index contributed by atoms with van der Waals surface area (Å²) in [7, 11) is 0. The van der Waals surface area contributed by atoms with Crippen LogP contribution in [0, 0.1) is 17.0 Å². The number of imidazole rings is 1. The molecule has 0 spiro atoms. The first-order chi connectivity index (χ1) is 10.7. The lowest BCUT2D eigenvalue weighted by Gasteiger charge is -2.07. The van der Waals surface area contributed by atoms with Crippen molar-refractivity contribution in [3.63, 3.8) is 0 Å². The van der Waals surface area contributed by atoms with E-state index in [0.717, 1.165) is 32.2 Å². The van der Waals surface area contributed by atoms with Gasteiger partial charge in [-0.3, -0.25) is 10.1 Å². The summed E-state index contributed by atoms with van der Waals surface area (Å²) in [6, 6.07) is 4.87. The van der Waals surface area contributed by atoms with E-state index >= 15 is 0 Å². The Kier molecular flexibility index (Phi) is 5.94. The second-order valence-corrected chi connectivity index (χ2v) is 5.27. The highest BCUT2D eigenvalue weighted by molar-refractivity contribution is 5.44. The Morgan fingerprint density at radius 3 is 2.77 bits per heavy atom. The van der Waals surface area contributed by atoms with Crippen LogP contribution in [0.5, 0.6) is 5.75 Å². The first kappa shape index (κ1) is 16.0. The van der Waals surface area contributed by atoms with Crippen LogP contribution >= 0.6 is 0 Å². The van der Waals surface area contributed by atoms with Crippen molar-refractivity contribution in [2.45, 2.75) is 39.2 Å². The molecule has 0 saturated carbocycles. The molecule has 1 heterocycles. The summed E-state index contributed by atoms with van der Waals surface area (Å²) in [5, 5.41) is 10.7. The molecule has 0 amide bonds. The van der Waals surface area contributed by atoms with Crippen LogP contribution in [0.3, 0.4) is 0 Å². The van der Waals surface area contributed by atoms with Gasteiger partial charge >= 0.3 is 0 Å². The summed E-state index contributed by atoms with van der Waals surface area (Å²) in [6.45, 7) is 3.37. The first-order valence-electron chi connectivity index (χ1n) is 7.50. The molecule has 22 heavy (non-hydrogen) atoms. The van der Waals surface area contributed by atoms with Crippen molar-refractivity contribution in [1.29, 1.82) is 0 Å². The van der Waals surface area contributed by atoms with E-state index in [1.165, 1.54) is 6.07 Å². The quantitative estimate of drug-likeness (QED) is 0.402. The molecule has 2 aromatic rings. The zero-order valence-corrected chi connectivity index (χ0v) is 12.8. The largest absolute Gasteiger partial charge is 0.494 e. The molecule has 2 rings (SSSR count). The van der Waals surface area contributed by atoms with Gasteiger partial charge < -0.3 is 9.30 Å². The van der Waals surface area contributed by atoms with Gasteiger partial charge in [0.15, 0.2) is 0 Å². The molecule has 0 N–H and O–H groups in total. The van der Waals surface area contributed by atoms with Gasteiger partial charge in [-0.1, -0.05) is 12.8 Å². The number of benzene rings is 1. The van der Waals surface area contributed by atoms with Gasteiger partial charge in [0.05, 0.1) is 17.9 Å². The maximum atomic E-state index is 10.7. The number of rotatable bonds is 9. The molecule has 0 aliphatic heterocycles. The Hall–Kier alpha value is -2.37. The zero-order chi connectivity index (χ0) is 15.8. The van der Waals surface area contributed by atoms with E-state index in [0.29, 0.717) is 17.9 Å². The summed E-state index contributed by atoms with van der Waals surface area (Å²) in [4.78, 5) is 14.4. The molecular weight excluding hydrogens is 282 g/mol. The van der Waals surface area contributed by atoms with Gasteiger partial charge in [0.1, 0.15) is 5.75 Å². The van der Waals surface area contributed by atoms with Crippen LogP contribution < -0.4 is 4.74 Å². The molecule has 0 aliphatic carbocycles. The van der Waals surface area contributed by atoms with Crippen LogP contribution in [0.1, 0.15) is 31.2 Å². The van der Waals surface area contributed by atoms with Gasteiger partial charge in [0, 0.05) is 30.6 Å². The highest BCUT2D eigenvalue weighted by Crippen LogP contribution is 2.23. The fraction of sp³-hybridized carbons (Fsp3) is 0.438. The average Bonchev–Trinajstić information content (AvgIpc) is 2.99. The van der Waals surface area contributed by atoms with E-state index in [2.05, 4.69) is 9.55 Å². The van der Waals surface area contributed by atoms with Gasteiger partial charge in [-0.25, -0.2) is 4.98 Å². The molecule has 0 unspecified atom stereocenters. The predicted octanol–water partition coefficient (Wildman–Crippen LogP) is 3.74. The van der Waals surface area contributed by atoms with E-state index in [4.69, 9.17) is 4.74 Å². The van der Waals surface area contributed by atoms with Gasteiger partial charge in [-0.2, -0.15) is 0 Å². The number of aromatic nitrogens is 2. The SMILES string of the molecule is Cc1cc(OCCCCCCn2ccnc2)ccc1[N+](=O)[O-]. The number of hydrogen-bond donors (Lipinski definition) is 0. The molecule has 0 aliphatic rings. The second-order valence-electron chi connectivity index (χ2n) is 5.27. The Morgan fingerprint density at radius 2 is 2.09 bits per heavy atom. The molecule has 0 radical (unpaired) electrons. The van der Waals surface area contributed by atoms with E-state index in [-0.39, 0.29) is 10.6 Å². The van der Waals surface area contributed by atoms with E-state index in [1.807, 2.05) is 12.5 Å². The van der Waals surface area contributed by atoms with Crippen LogP contribution in [0.15, 0.2) is 36.9 Å². The standard InChI is InChI=1S/C16H21N3O3/c1-14-12-15(6-7-16(14)19(20)21)22-11-5-3-2-4-9-18-10-8-17-13-18/h6-8,10,12-13H,2-5,9,11H2,1H3. The highest BCUT2D eigenvalue weighted by Gasteiger charge is 2.10. The summed E-state index contributed by atoms with van der Waals surface area (Å²) in [5.74, 6) is 0.696. The number of hydrogen-bond acceptors (Lipinski definition) is 4. The van der Waals surface area contributed by atoms with Crippen LogP contribution in [-0.2, 0) is 6.54 Å². The third kappa shape index (κ3) is 4.87. The first-order valence-corrected chi connectivity index (χ1v) is 7.50. The van der Waals surface area contributed by atoms with Gasteiger partial charge in [-0.05, 0) is 31.9 Å². The minimum Gasteiger partial charge on any atom is -0.494 e. The molecule has 0 bridgehead atoms. The van der Waals surface area contributed by atoms with Crippen LogP contribution in [0.4, 0.5) is 5.69 Å². The second kappa shape index (κ2) is 8.17. The van der Waals surface area contributed by atoms with E-state index in [9.17, 15) is 10.1 Å². The fourth-order valence-corrected chi connectivity index (χ4v) is 2.28. The Balaban J connectivity index is 1.60. The molecule has 0 atom stereocenters. The molecular formula is C16H21N3O3. The van der Waals surface area contributed by atoms with Crippen molar-refractivity contribution in [3.8, 4) is 5.75 Å². The lowest BCUT2D eigenvalue weighted by molar-refractivity contribution is -0.385. The number of nitro groups is 1. The molecule has 6 heteroatoms. The predicted molar refractivity (Wildman–Crippen MR) is 84.0 cm³/mol. The normalized spacial score (nSPS) is 10.6. The lowest BCUT2D eigenvalue weighted by Crippen LogP contribution is -1.99. The number of unbranched alkanes of at least 4 members (excludes halogenated alkanes) is 3. The molecule has 0 saturated heterocycles. The molecule has 0 fully saturated rings. The van der Waals surface area contributed by atoms with Crippen molar-refractivity contribution >= 4 is 5.69 Å².